The van der Waals surface area contributed by atoms with Crippen molar-refractivity contribution >= 4 is 16.0 Å². The van der Waals surface area contributed by atoms with Gasteiger partial charge < -0.3 is 4.74 Å². The van der Waals surface area contributed by atoms with Crippen molar-refractivity contribution in [2.24, 2.45) is 16.7 Å². The van der Waals surface area contributed by atoms with Crippen LogP contribution in [-0.2, 0) is 19.6 Å². The summed E-state index contributed by atoms with van der Waals surface area (Å²) >= 11 is 0. The predicted molar refractivity (Wildman–Crippen MR) is 76.6 cm³/mol. The summed E-state index contributed by atoms with van der Waals surface area (Å²) in [7, 11) is -2.18. The van der Waals surface area contributed by atoms with Gasteiger partial charge in [-0.2, -0.15) is 0 Å². The highest BCUT2D eigenvalue weighted by Crippen LogP contribution is 2.63. The molecule has 2 saturated carbocycles. The number of ether oxygens (including phenoxy) is 1. The number of carbonyl (C=O) groups excluding carboxylic acids is 1. The van der Waals surface area contributed by atoms with Crippen molar-refractivity contribution < 1.29 is 17.9 Å². The summed E-state index contributed by atoms with van der Waals surface area (Å²) in [5.41, 5.74) is -0.112. The third kappa shape index (κ3) is 2.26. The van der Waals surface area contributed by atoms with Crippen LogP contribution in [0.15, 0.2) is 0 Å². The van der Waals surface area contributed by atoms with Crippen molar-refractivity contribution in [1.29, 1.82) is 0 Å². The fraction of sp³-hybridized carbons (Fsp3) is 0.929. The summed E-state index contributed by atoms with van der Waals surface area (Å²) in [6.45, 7) is 8.25. The minimum Gasteiger partial charge on any atom is -0.469 e. The van der Waals surface area contributed by atoms with Crippen LogP contribution in [0.4, 0.5) is 0 Å². The molecule has 0 saturated heterocycles. The van der Waals surface area contributed by atoms with Crippen LogP contribution in [-0.4, -0.2) is 32.8 Å². The molecule has 2 fully saturated rings. The molecular formula is C14H25NO4S. The number of esters is 1. The van der Waals surface area contributed by atoms with E-state index in [9.17, 15) is 13.2 Å². The molecule has 2 aliphatic rings. The fourth-order valence-electron chi connectivity index (χ4n) is 3.46. The van der Waals surface area contributed by atoms with Gasteiger partial charge in [-0.05, 0) is 23.7 Å². The van der Waals surface area contributed by atoms with E-state index in [1.54, 1.807) is 0 Å². The molecule has 0 heterocycles. The van der Waals surface area contributed by atoms with Gasteiger partial charge in [0.2, 0.25) is 10.0 Å². The van der Waals surface area contributed by atoms with E-state index in [4.69, 9.17) is 4.74 Å². The molecule has 0 amide bonds. The molecule has 0 aromatic rings. The second-order valence-corrected chi connectivity index (χ2v) is 9.07. The lowest BCUT2D eigenvalue weighted by atomic mass is 10.0. The Morgan fingerprint density at radius 3 is 2.15 bits per heavy atom. The number of rotatable bonds is 4. The number of hydrogen-bond acceptors (Lipinski definition) is 4. The molecule has 5 nitrogen and oxygen atoms in total. The van der Waals surface area contributed by atoms with Crippen molar-refractivity contribution in [3.05, 3.63) is 0 Å². The number of nitrogens with one attached hydrogen (secondary N) is 1. The van der Waals surface area contributed by atoms with Crippen molar-refractivity contribution in [3.63, 3.8) is 0 Å². The number of hydrogen-bond donors (Lipinski definition) is 1. The predicted octanol–water partition coefficient (Wildman–Crippen LogP) is 1.68. The van der Waals surface area contributed by atoms with Crippen molar-refractivity contribution in [2.45, 2.75) is 58.2 Å². The van der Waals surface area contributed by atoms with Crippen LogP contribution in [0.3, 0.4) is 0 Å². The molecule has 0 aliphatic heterocycles. The Morgan fingerprint density at radius 1 is 1.15 bits per heavy atom. The van der Waals surface area contributed by atoms with E-state index in [0.717, 1.165) is 6.42 Å². The molecule has 2 rings (SSSR count). The van der Waals surface area contributed by atoms with E-state index < -0.39 is 27.2 Å². The molecule has 2 atom stereocenters. The summed E-state index contributed by atoms with van der Waals surface area (Å²) in [5.74, 6) is -0.935. The van der Waals surface area contributed by atoms with Gasteiger partial charge in [-0.25, -0.2) is 13.1 Å². The third-order valence-electron chi connectivity index (χ3n) is 5.66. The average molecular weight is 303 g/mol. The molecule has 0 bridgehead atoms. The summed E-state index contributed by atoms with van der Waals surface area (Å²) in [4.78, 5) is 11.7. The van der Waals surface area contributed by atoms with Gasteiger partial charge >= 0.3 is 5.97 Å². The summed E-state index contributed by atoms with van der Waals surface area (Å²) in [6, 6.07) is -0.0705. The highest BCUT2D eigenvalue weighted by Gasteiger charge is 2.66. The Bertz CT molecular complexity index is 495. The molecule has 0 spiro atoms. The van der Waals surface area contributed by atoms with Crippen molar-refractivity contribution in [2.75, 3.05) is 7.11 Å². The minimum absolute atomic E-state index is 0.0561. The molecule has 2 unspecified atom stereocenters. The Morgan fingerprint density at radius 2 is 1.70 bits per heavy atom. The van der Waals surface area contributed by atoms with Crippen molar-refractivity contribution in [1.82, 2.24) is 4.72 Å². The molecular weight excluding hydrogens is 278 g/mol. The standard InChI is InChI=1S/C14H25NO4S/c1-13(2)12(14(13,3)4)15-20(17,18)10-8-6-7-9(10)11(16)19-5/h9-10,12,15H,6-8H2,1-5H3. The number of sulfonamides is 1. The zero-order valence-electron chi connectivity index (χ0n) is 12.9. The smallest absolute Gasteiger partial charge is 0.310 e. The van der Waals surface area contributed by atoms with Gasteiger partial charge in [0.05, 0.1) is 18.3 Å². The monoisotopic (exact) mass is 303 g/mol. The van der Waals surface area contributed by atoms with E-state index in [2.05, 4.69) is 32.4 Å². The van der Waals surface area contributed by atoms with Gasteiger partial charge in [0.15, 0.2) is 0 Å². The quantitative estimate of drug-likeness (QED) is 0.802. The summed E-state index contributed by atoms with van der Waals surface area (Å²) in [6.07, 6.45) is 1.88. The maximum Gasteiger partial charge on any atom is 0.310 e. The SMILES string of the molecule is COC(=O)C1CCCC1S(=O)(=O)NC1C(C)(C)C1(C)C. The van der Waals surface area contributed by atoms with E-state index >= 15 is 0 Å². The number of carbonyl (C=O) groups is 1. The van der Waals surface area contributed by atoms with E-state index in [0.29, 0.717) is 12.8 Å². The zero-order chi connectivity index (χ0) is 15.3. The Kier molecular flexibility index (Phi) is 3.70. The van der Waals surface area contributed by atoms with Gasteiger partial charge in [0, 0.05) is 6.04 Å². The fourth-order valence-corrected chi connectivity index (χ4v) is 5.71. The maximum atomic E-state index is 12.6. The first-order valence-corrected chi connectivity index (χ1v) is 8.69. The molecule has 0 aromatic carbocycles. The summed E-state index contributed by atoms with van der Waals surface area (Å²) < 4.78 is 32.7. The first kappa shape index (κ1) is 15.8. The normalized spacial score (nSPS) is 32.0. The Labute approximate surface area is 121 Å². The lowest BCUT2D eigenvalue weighted by Crippen LogP contribution is -2.42. The topological polar surface area (TPSA) is 72.5 Å². The van der Waals surface area contributed by atoms with E-state index in [1.807, 2.05) is 0 Å². The first-order chi connectivity index (χ1) is 9.05. The zero-order valence-corrected chi connectivity index (χ0v) is 13.7. The average Bonchev–Trinajstić information content (AvgIpc) is 2.80. The Balaban J connectivity index is 2.14. The molecule has 20 heavy (non-hydrogen) atoms. The largest absolute Gasteiger partial charge is 0.469 e. The lowest BCUT2D eigenvalue weighted by molar-refractivity contribution is -0.145. The van der Waals surface area contributed by atoms with Gasteiger partial charge in [-0.1, -0.05) is 34.1 Å². The van der Waals surface area contributed by atoms with Crippen LogP contribution in [0.5, 0.6) is 0 Å². The van der Waals surface area contributed by atoms with E-state index in [1.165, 1.54) is 7.11 Å². The van der Waals surface area contributed by atoms with Crippen LogP contribution in [0.1, 0.15) is 47.0 Å². The highest BCUT2D eigenvalue weighted by atomic mass is 32.2. The molecule has 0 aromatic heterocycles. The highest BCUT2D eigenvalue weighted by molar-refractivity contribution is 7.90. The van der Waals surface area contributed by atoms with Crippen LogP contribution in [0, 0.1) is 16.7 Å². The van der Waals surface area contributed by atoms with Gasteiger partial charge in [0.1, 0.15) is 0 Å². The third-order valence-corrected chi connectivity index (χ3v) is 7.58. The van der Waals surface area contributed by atoms with E-state index in [-0.39, 0.29) is 16.9 Å². The molecule has 2 aliphatic carbocycles. The van der Waals surface area contributed by atoms with Gasteiger partial charge in [-0.15, -0.1) is 0 Å². The molecule has 1 N–H and O–H groups in total. The minimum atomic E-state index is -3.49. The second-order valence-electron chi connectivity index (χ2n) is 7.14. The van der Waals surface area contributed by atoms with Crippen LogP contribution in [0.2, 0.25) is 0 Å². The van der Waals surface area contributed by atoms with Crippen LogP contribution < -0.4 is 4.72 Å². The lowest BCUT2D eigenvalue weighted by Gasteiger charge is -2.19. The Hall–Kier alpha value is -0.620. The molecule has 6 heteroatoms. The van der Waals surface area contributed by atoms with Crippen molar-refractivity contribution in [3.8, 4) is 0 Å². The van der Waals surface area contributed by atoms with Gasteiger partial charge in [-0.3, -0.25) is 4.79 Å². The number of methoxy groups -OCH3 is 1. The second kappa shape index (κ2) is 4.70. The van der Waals surface area contributed by atoms with Crippen LogP contribution in [0.25, 0.3) is 0 Å². The molecule has 0 radical (unpaired) electrons. The molecule has 116 valence electrons. The summed E-state index contributed by atoms with van der Waals surface area (Å²) in [5, 5.41) is -0.651. The maximum absolute atomic E-state index is 12.6. The van der Waals surface area contributed by atoms with Crippen LogP contribution >= 0.6 is 0 Å². The van der Waals surface area contributed by atoms with Gasteiger partial charge in [0.25, 0.3) is 0 Å². The first-order valence-electron chi connectivity index (χ1n) is 7.14.